The van der Waals surface area contributed by atoms with Gasteiger partial charge in [0.2, 0.25) is 5.91 Å². The van der Waals surface area contributed by atoms with Gasteiger partial charge in [-0.1, -0.05) is 0 Å². The highest BCUT2D eigenvalue weighted by Crippen LogP contribution is 2.24. The summed E-state index contributed by atoms with van der Waals surface area (Å²) in [6, 6.07) is 0.157. The average Bonchev–Trinajstić information content (AvgIpc) is 3.10. The third-order valence-corrected chi connectivity index (χ3v) is 4.70. The van der Waals surface area contributed by atoms with Crippen LogP contribution < -0.4 is 5.32 Å². The molecule has 7 heteroatoms. The van der Waals surface area contributed by atoms with E-state index in [2.05, 4.69) is 25.6 Å². The highest BCUT2D eigenvalue weighted by Gasteiger charge is 2.29. The molecule has 22 heavy (non-hydrogen) atoms. The van der Waals surface area contributed by atoms with Crippen LogP contribution in [0.4, 0.5) is 0 Å². The highest BCUT2D eigenvalue weighted by atomic mass is 16.2. The molecule has 0 radical (unpaired) electrons. The molecule has 7 nitrogen and oxygen atoms in total. The Bertz CT molecular complexity index is 703. The number of amides is 1. The van der Waals surface area contributed by atoms with Gasteiger partial charge in [-0.15, -0.1) is 0 Å². The zero-order valence-electron chi connectivity index (χ0n) is 12.7. The Balaban J connectivity index is 1.39. The van der Waals surface area contributed by atoms with Crippen LogP contribution in [0.2, 0.25) is 0 Å². The maximum atomic E-state index is 12.5. The molecule has 2 aromatic heterocycles. The number of nitrogens with zero attached hydrogens (tertiary/aromatic N) is 4. The number of aryl methyl sites for hydroxylation is 3. The molecule has 0 saturated carbocycles. The first-order chi connectivity index (χ1) is 10.7. The zero-order chi connectivity index (χ0) is 15.1. The van der Waals surface area contributed by atoms with Gasteiger partial charge in [0, 0.05) is 30.5 Å². The number of aromatic amines is 1. The lowest BCUT2D eigenvalue weighted by atomic mass is 9.87. The Morgan fingerprint density at radius 2 is 2.32 bits per heavy atom. The molecule has 0 bridgehead atoms. The lowest BCUT2D eigenvalue weighted by Crippen LogP contribution is -2.44. The smallest absolute Gasteiger partial charge is 0.223 e. The molecule has 2 unspecified atom stereocenters. The summed E-state index contributed by atoms with van der Waals surface area (Å²) in [6.07, 6.45) is 6.29. The molecule has 0 saturated heterocycles. The fourth-order valence-corrected chi connectivity index (χ4v) is 3.50. The van der Waals surface area contributed by atoms with Crippen molar-refractivity contribution in [2.24, 2.45) is 5.92 Å². The molecular formula is C15H20N6O. The highest BCUT2D eigenvalue weighted by molar-refractivity contribution is 5.79. The Labute approximate surface area is 128 Å². The first-order valence-corrected chi connectivity index (χ1v) is 7.91. The topological polar surface area (TPSA) is 88.5 Å². The average molecular weight is 300 g/mol. The molecule has 2 aliphatic rings. The number of carbonyl (C=O) groups excluding carboxylic acids is 1. The molecule has 1 amide bonds. The largest absolute Gasteiger partial charge is 0.351 e. The Hall–Kier alpha value is -2.18. The van der Waals surface area contributed by atoms with Gasteiger partial charge < -0.3 is 5.32 Å². The minimum absolute atomic E-state index is 0.0480. The fraction of sp³-hybridized carbons (Fsp3) is 0.600. The standard InChI is InChI=1S/C15H20N6O/c1-9-17-14-5-4-12(8-21(14)20-9)18-15(22)10-2-3-11-7-16-19-13(11)6-10/h7,10,12H,2-6,8H2,1H3,(H,16,19)(H,18,22). The lowest BCUT2D eigenvalue weighted by Gasteiger charge is -2.27. The molecule has 116 valence electrons. The molecule has 3 heterocycles. The molecular weight excluding hydrogens is 280 g/mol. The van der Waals surface area contributed by atoms with Crippen molar-refractivity contribution in [1.82, 2.24) is 30.3 Å². The summed E-state index contributed by atoms with van der Waals surface area (Å²) in [5.41, 5.74) is 2.37. The SMILES string of the molecule is Cc1nc2n(n1)CC(NC(=O)C1CCc3cn[nH]c3C1)CC2. The maximum Gasteiger partial charge on any atom is 0.223 e. The van der Waals surface area contributed by atoms with E-state index in [-0.39, 0.29) is 17.9 Å². The normalized spacial score (nSPS) is 23.7. The van der Waals surface area contributed by atoms with Crippen LogP contribution in [0.3, 0.4) is 0 Å². The summed E-state index contributed by atoms with van der Waals surface area (Å²) >= 11 is 0. The van der Waals surface area contributed by atoms with Crippen molar-refractivity contribution in [2.75, 3.05) is 0 Å². The van der Waals surface area contributed by atoms with E-state index in [1.807, 2.05) is 17.8 Å². The van der Waals surface area contributed by atoms with Crippen LogP contribution in [-0.4, -0.2) is 36.9 Å². The molecule has 2 N–H and O–H groups in total. The summed E-state index contributed by atoms with van der Waals surface area (Å²) in [5.74, 6) is 2.04. The molecule has 0 fully saturated rings. The van der Waals surface area contributed by atoms with E-state index in [9.17, 15) is 4.79 Å². The number of hydrogen-bond acceptors (Lipinski definition) is 4. The maximum absolute atomic E-state index is 12.5. The van der Waals surface area contributed by atoms with Gasteiger partial charge in [-0.3, -0.25) is 9.89 Å². The van der Waals surface area contributed by atoms with Crippen molar-refractivity contribution in [3.63, 3.8) is 0 Å². The van der Waals surface area contributed by atoms with Crippen LogP contribution in [0, 0.1) is 12.8 Å². The van der Waals surface area contributed by atoms with Crippen molar-refractivity contribution in [3.8, 4) is 0 Å². The van der Waals surface area contributed by atoms with Gasteiger partial charge in [0.25, 0.3) is 0 Å². The molecule has 4 rings (SSSR count). The molecule has 0 spiro atoms. The Kier molecular flexibility index (Phi) is 3.20. The second-order valence-electron chi connectivity index (χ2n) is 6.32. The Morgan fingerprint density at radius 1 is 1.41 bits per heavy atom. The summed E-state index contributed by atoms with van der Waals surface area (Å²) in [7, 11) is 0. The number of carbonyl (C=O) groups is 1. The molecule has 2 atom stereocenters. The third kappa shape index (κ3) is 2.40. The number of fused-ring (bicyclic) bond motifs is 2. The van der Waals surface area contributed by atoms with Crippen molar-refractivity contribution >= 4 is 5.91 Å². The van der Waals surface area contributed by atoms with Gasteiger partial charge >= 0.3 is 0 Å². The predicted molar refractivity (Wildman–Crippen MR) is 79.1 cm³/mol. The van der Waals surface area contributed by atoms with Crippen LogP contribution in [0.25, 0.3) is 0 Å². The number of rotatable bonds is 2. The summed E-state index contributed by atoms with van der Waals surface area (Å²) in [6.45, 7) is 2.63. The number of aromatic nitrogens is 5. The van der Waals surface area contributed by atoms with Gasteiger partial charge in [-0.05, 0) is 31.7 Å². The fourth-order valence-electron chi connectivity index (χ4n) is 3.50. The van der Waals surface area contributed by atoms with Gasteiger partial charge in [0.1, 0.15) is 11.6 Å². The molecule has 1 aliphatic heterocycles. The Morgan fingerprint density at radius 3 is 3.23 bits per heavy atom. The number of nitrogens with one attached hydrogen (secondary N) is 2. The van der Waals surface area contributed by atoms with Crippen LogP contribution in [-0.2, 0) is 30.6 Å². The van der Waals surface area contributed by atoms with Crippen LogP contribution in [0.1, 0.15) is 35.7 Å². The van der Waals surface area contributed by atoms with E-state index < -0.39 is 0 Å². The van der Waals surface area contributed by atoms with Gasteiger partial charge in [0.15, 0.2) is 0 Å². The predicted octanol–water partition coefficient (Wildman–Crippen LogP) is 0.546. The monoisotopic (exact) mass is 300 g/mol. The third-order valence-electron chi connectivity index (χ3n) is 4.70. The number of H-pyrrole nitrogens is 1. The minimum atomic E-state index is 0.0480. The van der Waals surface area contributed by atoms with Crippen molar-refractivity contribution in [1.29, 1.82) is 0 Å². The van der Waals surface area contributed by atoms with Gasteiger partial charge in [0.05, 0.1) is 12.7 Å². The number of hydrogen-bond donors (Lipinski definition) is 2. The van der Waals surface area contributed by atoms with E-state index in [1.54, 1.807) is 0 Å². The summed E-state index contributed by atoms with van der Waals surface area (Å²) in [4.78, 5) is 16.9. The zero-order valence-corrected chi connectivity index (χ0v) is 12.7. The molecule has 1 aliphatic carbocycles. The van der Waals surface area contributed by atoms with Crippen LogP contribution in [0.5, 0.6) is 0 Å². The lowest BCUT2D eigenvalue weighted by molar-refractivity contribution is -0.126. The van der Waals surface area contributed by atoms with E-state index >= 15 is 0 Å². The van der Waals surface area contributed by atoms with Crippen molar-refractivity contribution in [2.45, 2.75) is 51.6 Å². The molecule has 2 aromatic rings. The minimum Gasteiger partial charge on any atom is -0.351 e. The molecule has 0 aromatic carbocycles. The van der Waals surface area contributed by atoms with E-state index in [0.29, 0.717) is 0 Å². The second-order valence-corrected chi connectivity index (χ2v) is 6.32. The van der Waals surface area contributed by atoms with Gasteiger partial charge in [-0.2, -0.15) is 10.2 Å². The summed E-state index contributed by atoms with van der Waals surface area (Å²) in [5, 5.41) is 14.7. The quantitative estimate of drug-likeness (QED) is 0.847. The first-order valence-electron chi connectivity index (χ1n) is 7.91. The van der Waals surface area contributed by atoms with Crippen LogP contribution in [0.15, 0.2) is 6.20 Å². The first kappa shape index (κ1) is 13.5. The van der Waals surface area contributed by atoms with Crippen LogP contribution >= 0.6 is 0 Å². The van der Waals surface area contributed by atoms with Gasteiger partial charge in [-0.25, -0.2) is 9.67 Å². The second kappa shape index (κ2) is 5.23. The van der Waals surface area contributed by atoms with E-state index in [4.69, 9.17) is 0 Å². The van der Waals surface area contributed by atoms with E-state index in [1.165, 1.54) is 5.56 Å². The van der Waals surface area contributed by atoms with E-state index in [0.717, 1.165) is 56.0 Å². The van der Waals surface area contributed by atoms with Crippen molar-refractivity contribution in [3.05, 3.63) is 29.1 Å². The van der Waals surface area contributed by atoms with Crippen molar-refractivity contribution < 1.29 is 4.79 Å². The summed E-state index contributed by atoms with van der Waals surface area (Å²) < 4.78 is 1.93.